The van der Waals surface area contributed by atoms with Crippen molar-refractivity contribution in [3.63, 3.8) is 0 Å². The molecule has 2 N–H and O–H groups in total. The molecule has 0 aliphatic carbocycles. The molecule has 0 atom stereocenters. The Bertz CT molecular complexity index is 320. The van der Waals surface area contributed by atoms with Crippen LogP contribution in [0.15, 0.2) is 10.8 Å². The van der Waals surface area contributed by atoms with E-state index in [1.807, 2.05) is 0 Å². The van der Waals surface area contributed by atoms with Gasteiger partial charge in [-0.3, -0.25) is 0 Å². The van der Waals surface area contributed by atoms with Crippen LogP contribution in [0, 0.1) is 0 Å². The molecule has 0 saturated carbocycles. The number of nitrogen functional groups attached to an aromatic ring is 1. The van der Waals surface area contributed by atoms with Crippen LogP contribution in [0.2, 0.25) is 0 Å². The third-order valence-electron chi connectivity index (χ3n) is 1.55. The quantitative estimate of drug-likeness (QED) is 0.663. The van der Waals surface area contributed by atoms with E-state index in [0.29, 0.717) is 0 Å². The number of nitrogens with two attached hydrogens (primary N) is 1. The van der Waals surface area contributed by atoms with Crippen molar-refractivity contribution in [2.24, 2.45) is 0 Å². The van der Waals surface area contributed by atoms with Crippen LogP contribution in [-0.2, 0) is 5.88 Å². The highest BCUT2D eigenvalue weighted by Crippen LogP contribution is 2.32. The molecule has 13 heavy (non-hydrogen) atoms. The number of hydrogen-bond acceptors (Lipinski definition) is 2. The highest BCUT2D eigenvalue weighted by molar-refractivity contribution is 9.10. The number of nitrogens with zero attached hydrogens (tertiary/aromatic N) is 1. The maximum absolute atomic E-state index is 12.5. The molecule has 1 heterocycles. The van der Waals surface area contributed by atoms with Crippen LogP contribution in [0.5, 0.6) is 0 Å². The number of halogens is 4. The predicted molar refractivity (Wildman–Crippen MR) is 50.9 cm³/mol. The van der Waals surface area contributed by atoms with Gasteiger partial charge in [-0.1, -0.05) is 0 Å². The molecule has 0 radical (unpaired) electrons. The highest BCUT2D eigenvalue weighted by atomic mass is 79.9. The van der Waals surface area contributed by atoms with Gasteiger partial charge in [-0.25, -0.2) is 13.8 Å². The van der Waals surface area contributed by atoms with Crippen molar-refractivity contribution in [2.45, 2.75) is 12.3 Å². The lowest BCUT2D eigenvalue weighted by molar-refractivity contribution is 0.151. The van der Waals surface area contributed by atoms with Crippen molar-refractivity contribution in [1.82, 2.24) is 4.98 Å². The first kappa shape index (κ1) is 10.7. The van der Waals surface area contributed by atoms with E-state index in [4.69, 9.17) is 17.3 Å². The zero-order chi connectivity index (χ0) is 10.0. The molecule has 0 aliphatic rings. The average Bonchev–Trinajstić information content (AvgIpc) is 2.08. The van der Waals surface area contributed by atoms with Gasteiger partial charge in [-0.05, 0) is 21.5 Å². The van der Waals surface area contributed by atoms with E-state index < -0.39 is 6.43 Å². The topological polar surface area (TPSA) is 38.9 Å². The minimum absolute atomic E-state index is 0.0237. The first-order valence-electron chi connectivity index (χ1n) is 3.34. The van der Waals surface area contributed by atoms with Crippen molar-refractivity contribution in [3.8, 4) is 0 Å². The Balaban J connectivity index is 3.32. The molecule has 72 valence electrons. The molecule has 0 saturated heterocycles. The Hall–Kier alpha value is -0.420. The number of anilines is 1. The van der Waals surface area contributed by atoms with Crippen molar-refractivity contribution in [1.29, 1.82) is 0 Å². The Morgan fingerprint density at radius 2 is 2.23 bits per heavy atom. The molecule has 2 nitrogen and oxygen atoms in total. The van der Waals surface area contributed by atoms with Gasteiger partial charge in [0.2, 0.25) is 0 Å². The molecular weight excluding hydrogens is 265 g/mol. The average molecular weight is 271 g/mol. The summed E-state index contributed by atoms with van der Waals surface area (Å²) >= 11 is 8.42. The summed E-state index contributed by atoms with van der Waals surface area (Å²) in [6, 6.07) is 0. The largest absolute Gasteiger partial charge is 0.396 e. The number of hydrogen-bond donors (Lipinski definition) is 1. The maximum atomic E-state index is 12.5. The summed E-state index contributed by atoms with van der Waals surface area (Å²) in [4.78, 5) is 3.77. The highest BCUT2D eigenvalue weighted by Gasteiger charge is 2.18. The number of alkyl halides is 3. The fourth-order valence-electron chi connectivity index (χ4n) is 0.922. The molecule has 0 amide bonds. The second-order valence-electron chi connectivity index (χ2n) is 2.34. The minimum atomic E-state index is -2.63. The van der Waals surface area contributed by atoms with Crippen LogP contribution in [0.25, 0.3) is 0 Å². The zero-order valence-corrected chi connectivity index (χ0v) is 8.74. The first-order valence-corrected chi connectivity index (χ1v) is 4.67. The van der Waals surface area contributed by atoms with Gasteiger partial charge >= 0.3 is 0 Å². The number of rotatable bonds is 2. The molecule has 0 aliphatic heterocycles. The second-order valence-corrected chi connectivity index (χ2v) is 3.35. The summed E-state index contributed by atoms with van der Waals surface area (Å²) in [6.07, 6.45) is -1.34. The van der Waals surface area contributed by atoms with Crippen LogP contribution in [0.4, 0.5) is 14.5 Å². The molecule has 1 aromatic heterocycles. The van der Waals surface area contributed by atoms with E-state index >= 15 is 0 Å². The fourth-order valence-corrected chi connectivity index (χ4v) is 1.45. The predicted octanol–water partition coefficient (Wildman–Crippen LogP) is 3.10. The number of pyridine rings is 1. The summed E-state index contributed by atoms with van der Waals surface area (Å²) in [5.41, 5.74) is 5.39. The Morgan fingerprint density at radius 1 is 1.62 bits per heavy atom. The van der Waals surface area contributed by atoms with Crippen LogP contribution >= 0.6 is 27.5 Å². The molecule has 0 unspecified atom stereocenters. The van der Waals surface area contributed by atoms with E-state index in [0.717, 1.165) is 0 Å². The SMILES string of the molecule is Nc1c(Br)ncc(CCl)c1C(F)F. The lowest BCUT2D eigenvalue weighted by Gasteiger charge is -2.09. The Labute approximate surface area is 87.2 Å². The van der Waals surface area contributed by atoms with Crippen molar-refractivity contribution in [3.05, 3.63) is 21.9 Å². The van der Waals surface area contributed by atoms with E-state index in [9.17, 15) is 8.78 Å². The van der Waals surface area contributed by atoms with Crippen molar-refractivity contribution >= 4 is 33.2 Å². The van der Waals surface area contributed by atoms with Crippen molar-refractivity contribution < 1.29 is 8.78 Å². The van der Waals surface area contributed by atoms with Gasteiger partial charge in [0.15, 0.2) is 0 Å². The molecule has 0 spiro atoms. The van der Waals surface area contributed by atoms with Gasteiger partial charge in [0.05, 0.1) is 5.69 Å². The minimum Gasteiger partial charge on any atom is -0.396 e. The molecule has 6 heteroatoms. The number of aromatic nitrogens is 1. The maximum Gasteiger partial charge on any atom is 0.266 e. The van der Waals surface area contributed by atoms with E-state index in [1.165, 1.54) is 6.20 Å². The first-order chi connectivity index (χ1) is 6.07. The summed E-state index contributed by atoms with van der Waals surface area (Å²) in [6.45, 7) is 0. The lowest BCUT2D eigenvalue weighted by Crippen LogP contribution is -2.02. The second kappa shape index (κ2) is 4.19. The molecular formula is C7H6BrClF2N2. The third-order valence-corrected chi connectivity index (χ3v) is 2.47. The summed E-state index contributed by atoms with van der Waals surface area (Å²) in [5, 5.41) is 0. The molecule has 0 bridgehead atoms. The fraction of sp³-hybridized carbons (Fsp3) is 0.286. The zero-order valence-electron chi connectivity index (χ0n) is 6.40. The normalized spacial score (nSPS) is 10.8. The van der Waals surface area contributed by atoms with Crippen LogP contribution in [0.1, 0.15) is 17.6 Å². The van der Waals surface area contributed by atoms with Gasteiger partial charge in [-0.2, -0.15) is 0 Å². The summed E-state index contributed by atoms with van der Waals surface area (Å²) in [7, 11) is 0. The van der Waals surface area contributed by atoms with Gasteiger partial charge in [0.25, 0.3) is 6.43 Å². The van der Waals surface area contributed by atoms with Crippen LogP contribution in [0.3, 0.4) is 0 Å². The molecule has 0 fully saturated rings. The lowest BCUT2D eigenvalue weighted by atomic mass is 10.1. The summed E-state index contributed by atoms with van der Waals surface area (Å²) in [5.74, 6) is -0.0237. The molecule has 0 aromatic carbocycles. The van der Waals surface area contributed by atoms with E-state index in [1.54, 1.807) is 0 Å². The Kier molecular flexibility index (Phi) is 3.44. The van der Waals surface area contributed by atoms with Crippen LogP contribution in [-0.4, -0.2) is 4.98 Å². The van der Waals surface area contributed by atoms with Gasteiger partial charge in [-0.15, -0.1) is 11.6 Å². The van der Waals surface area contributed by atoms with Gasteiger partial charge in [0, 0.05) is 17.6 Å². The van der Waals surface area contributed by atoms with Gasteiger partial charge < -0.3 is 5.73 Å². The summed E-state index contributed by atoms with van der Waals surface area (Å²) < 4.78 is 25.2. The molecule has 1 aromatic rings. The standard InChI is InChI=1S/C7H6BrClF2N2/c8-6-5(12)4(7(10)11)3(1-9)2-13-6/h2,7H,1,12H2. The van der Waals surface area contributed by atoms with Gasteiger partial charge in [0.1, 0.15) is 4.60 Å². The Morgan fingerprint density at radius 3 is 2.69 bits per heavy atom. The smallest absolute Gasteiger partial charge is 0.266 e. The third kappa shape index (κ3) is 2.08. The van der Waals surface area contributed by atoms with Crippen LogP contribution < -0.4 is 5.73 Å². The molecule has 1 rings (SSSR count). The van der Waals surface area contributed by atoms with Crippen molar-refractivity contribution in [2.75, 3.05) is 5.73 Å². The van der Waals surface area contributed by atoms with E-state index in [2.05, 4.69) is 20.9 Å². The van der Waals surface area contributed by atoms with E-state index in [-0.39, 0.29) is 27.3 Å². The monoisotopic (exact) mass is 270 g/mol.